The molecular formula is C41H71N. The highest BCUT2D eigenvalue weighted by molar-refractivity contribution is 5.63. The molecule has 0 N–H and O–H groups in total. The first kappa shape index (κ1) is 42.0. The van der Waals surface area contributed by atoms with Crippen LogP contribution in [0.25, 0.3) is 5.57 Å². The van der Waals surface area contributed by atoms with E-state index in [0.717, 1.165) is 25.2 Å². The van der Waals surface area contributed by atoms with Gasteiger partial charge in [0.2, 0.25) is 0 Å². The minimum absolute atomic E-state index is 0.778. The molecule has 240 valence electrons. The molecule has 0 saturated carbocycles. The number of benzene rings is 2. The van der Waals surface area contributed by atoms with Gasteiger partial charge in [0.1, 0.15) is 0 Å². The number of likely N-dealkylation sites (tertiary alicyclic amines) is 1. The normalized spacial score (nSPS) is 12.6. The smallest absolute Gasteiger partial charge is 0.00102 e. The van der Waals surface area contributed by atoms with Gasteiger partial charge in [0.25, 0.3) is 0 Å². The summed E-state index contributed by atoms with van der Waals surface area (Å²) in [6, 6.07) is 18.1. The lowest BCUT2D eigenvalue weighted by molar-refractivity contribution is 0.287. The van der Waals surface area contributed by atoms with Crippen LogP contribution < -0.4 is 0 Å². The molecule has 0 unspecified atom stereocenters. The molecular weight excluding hydrogens is 506 g/mol. The van der Waals surface area contributed by atoms with Crippen LogP contribution in [-0.4, -0.2) is 24.5 Å². The Balaban J connectivity index is 0. The van der Waals surface area contributed by atoms with Crippen molar-refractivity contribution in [3.05, 3.63) is 89.5 Å². The molecule has 0 bridgehead atoms. The number of hydrogen-bond donors (Lipinski definition) is 0. The van der Waals surface area contributed by atoms with Gasteiger partial charge in [-0.2, -0.15) is 0 Å². The van der Waals surface area contributed by atoms with Crippen LogP contribution in [0.1, 0.15) is 143 Å². The van der Waals surface area contributed by atoms with Crippen molar-refractivity contribution in [3.63, 3.8) is 0 Å². The van der Waals surface area contributed by atoms with Gasteiger partial charge >= 0.3 is 0 Å². The maximum absolute atomic E-state index is 4.20. The van der Waals surface area contributed by atoms with Crippen LogP contribution >= 0.6 is 0 Å². The second kappa shape index (κ2) is 29.0. The molecule has 1 heterocycles. The van der Waals surface area contributed by atoms with Gasteiger partial charge in [-0.1, -0.05) is 136 Å². The number of allylic oxidation sites excluding steroid dienone is 2. The van der Waals surface area contributed by atoms with E-state index < -0.39 is 0 Å². The van der Waals surface area contributed by atoms with Crippen molar-refractivity contribution >= 4 is 5.57 Å². The van der Waals surface area contributed by atoms with Crippen LogP contribution in [0.3, 0.4) is 0 Å². The molecule has 1 saturated heterocycles. The van der Waals surface area contributed by atoms with E-state index in [2.05, 4.69) is 94.3 Å². The molecule has 2 aromatic rings. The lowest BCUT2D eigenvalue weighted by Crippen LogP contribution is -2.26. The van der Waals surface area contributed by atoms with Crippen LogP contribution in [0.5, 0.6) is 0 Å². The molecule has 1 fully saturated rings. The lowest BCUT2D eigenvalue weighted by atomic mass is 9.99. The number of aryl methyl sites for hydroxylation is 2. The van der Waals surface area contributed by atoms with Crippen molar-refractivity contribution in [1.82, 2.24) is 4.90 Å². The van der Waals surface area contributed by atoms with Crippen LogP contribution in [0.4, 0.5) is 0 Å². The summed E-state index contributed by atoms with van der Waals surface area (Å²) in [6.07, 6.45) is 13.6. The molecule has 1 aliphatic heterocycles. The quantitative estimate of drug-likeness (QED) is 0.159. The summed E-state index contributed by atoms with van der Waals surface area (Å²) < 4.78 is 0. The Hall–Kier alpha value is -2.12. The van der Waals surface area contributed by atoms with Crippen molar-refractivity contribution in [3.8, 4) is 0 Å². The number of rotatable bonds is 14. The molecule has 0 amide bonds. The van der Waals surface area contributed by atoms with Gasteiger partial charge in [-0.15, -0.1) is 6.58 Å². The largest absolute Gasteiger partial charge is 0.303 e. The van der Waals surface area contributed by atoms with E-state index in [9.17, 15) is 0 Å². The zero-order valence-electron chi connectivity index (χ0n) is 30.0. The van der Waals surface area contributed by atoms with Crippen LogP contribution in [0, 0.1) is 5.92 Å². The van der Waals surface area contributed by atoms with Crippen molar-refractivity contribution < 1.29 is 0 Å². The highest BCUT2D eigenvalue weighted by atomic mass is 15.1. The number of hydrogen-bond acceptors (Lipinski definition) is 1. The van der Waals surface area contributed by atoms with Gasteiger partial charge in [0, 0.05) is 6.54 Å². The standard InChI is InChI=1S/C18H26.C17H27N.3C2H6/c1-5-17-11-13-18(14-12-17)16(4)10-8-6-7-9-15(2)3;1-3-6-16-7-9-17(10-8-16)13-15(2)14-18-11-4-5-12-18;3*1-2/h11-14H,2,4-10H2,1,3H3;7-10,15H,3-6,11-14H2,1-2H3;3*1-2H3/t;15-;;;/m.0.../s1. The molecule has 0 spiro atoms. The van der Waals surface area contributed by atoms with Crippen molar-refractivity contribution in [1.29, 1.82) is 0 Å². The third kappa shape index (κ3) is 20.7. The fraction of sp³-hybridized carbons (Fsp3) is 0.610. The Kier molecular flexibility index (Phi) is 29.0. The van der Waals surface area contributed by atoms with Crippen LogP contribution in [0.15, 0.2) is 67.3 Å². The first-order chi connectivity index (χ1) is 20.4. The molecule has 0 radical (unpaired) electrons. The molecule has 3 rings (SSSR count). The lowest BCUT2D eigenvalue weighted by Gasteiger charge is -2.20. The zero-order chi connectivity index (χ0) is 32.2. The number of nitrogens with zero attached hydrogens (tertiary/aromatic N) is 1. The van der Waals surface area contributed by atoms with E-state index in [0.29, 0.717) is 0 Å². The summed E-state index contributed by atoms with van der Waals surface area (Å²) >= 11 is 0. The monoisotopic (exact) mass is 578 g/mol. The second-order valence-electron chi connectivity index (χ2n) is 11.1. The third-order valence-electron chi connectivity index (χ3n) is 7.27. The topological polar surface area (TPSA) is 3.24 Å². The van der Waals surface area contributed by atoms with Crippen molar-refractivity contribution in [2.45, 2.75) is 140 Å². The molecule has 0 aromatic heterocycles. The molecule has 2 aromatic carbocycles. The minimum atomic E-state index is 0.778. The molecule has 1 atom stereocenters. The van der Waals surface area contributed by atoms with Crippen LogP contribution in [-0.2, 0) is 19.3 Å². The van der Waals surface area contributed by atoms with Gasteiger partial charge in [-0.25, -0.2) is 0 Å². The average Bonchev–Trinajstić information content (AvgIpc) is 3.54. The van der Waals surface area contributed by atoms with Gasteiger partial charge in [0.15, 0.2) is 0 Å². The van der Waals surface area contributed by atoms with E-state index in [1.54, 1.807) is 0 Å². The van der Waals surface area contributed by atoms with E-state index in [4.69, 9.17) is 0 Å². The predicted octanol–water partition coefficient (Wildman–Crippen LogP) is 12.8. The Bertz CT molecular complexity index is 868. The first-order valence-electron chi connectivity index (χ1n) is 17.6. The maximum atomic E-state index is 4.20. The van der Waals surface area contributed by atoms with E-state index in [1.165, 1.54) is 104 Å². The number of unbranched alkanes of at least 4 members (excludes halogenated alkanes) is 2. The van der Waals surface area contributed by atoms with Crippen molar-refractivity contribution in [2.75, 3.05) is 19.6 Å². The van der Waals surface area contributed by atoms with E-state index >= 15 is 0 Å². The summed E-state index contributed by atoms with van der Waals surface area (Å²) in [5, 5.41) is 0. The summed E-state index contributed by atoms with van der Waals surface area (Å²) in [6.45, 7) is 33.0. The summed E-state index contributed by atoms with van der Waals surface area (Å²) in [4.78, 5) is 2.62. The molecule has 1 aliphatic rings. The highest BCUT2D eigenvalue weighted by Crippen LogP contribution is 2.21. The highest BCUT2D eigenvalue weighted by Gasteiger charge is 2.14. The zero-order valence-corrected chi connectivity index (χ0v) is 30.0. The average molecular weight is 578 g/mol. The van der Waals surface area contributed by atoms with Crippen LogP contribution in [0.2, 0.25) is 0 Å². The van der Waals surface area contributed by atoms with E-state index in [1.807, 2.05) is 41.5 Å². The van der Waals surface area contributed by atoms with Gasteiger partial charge in [-0.3, -0.25) is 0 Å². The fourth-order valence-corrected chi connectivity index (χ4v) is 5.07. The fourth-order valence-electron chi connectivity index (χ4n) is 5.07. The Morgan fingerprint density at radius 2 is 1.21 bits per heavy atom. The maximum Gasteiger partial charge on any atom is 0.00102 e. The van der Waals surface area contributed by atoms with E-state index in [-0.39, 0.29) is 0 Å². The summed E-state index contributed by atoms with van der Waals surface area (Å²) in [7, 11) is 0. The molecule has 1 nitrogen and oxygen atoms in total. The second-order valence-corrected chi connectivity index (χ2v) is 11.1. The Labute approximate surface area is 264 Å². The van der Waals surface area contributed by atoms with Gasteiger partial charge in [-0.05, 0) is 112 Å². The Morgan fingerprint density at radius 1 is 0.714 bits per heavy atom. The van der Waals surface area contributed by atoms with Gasteiger partial charge < -0.3 is 4.90 Å². The molecule has 1 heteroatoms. The summed E-state index contributed by atoms with van der Waals surface area (Å²) in [5.41, 5.74) is 8.24. The Morgan fingerprint density at radius 3 is 1.71 bits per heavy atom. The van der Waals surface area contributed by atoms with Gasteiger partial charge in [0.05, 0.1) is 0 Å². The predicted molar refractivity (Wildman–Crippen MR) is 196 cm³/mol. The molecule has 42 heavy (non-hydrogen) atoms. The minimum Gasteiger partial charge on any atom is -0.303 e. The first-order valence-corrected chi connectivity index (χ1v) is 17.6. The third-order valence-corrected chi connectivity index (χ3v) is 7.27. The molecule has 0 aliphatic carbocycles. The SMILES string of the molecule is C=C(C)CCCCCC(=C)c1ccc(CC)cc1.CC.CC.CC.CCCc1ccc(C[C@H](C)CN2CCCC2)cc1. The van der Waals surface area contributed by atoms with Crippen molar-refractivity contribution in [2.24, 2.45) is 5.92 Å². The summed E-state index contributed by atoms with van der Waals surface area (Å²) in [5.74, 6) is 0.778.